The van der Waals surface area contributed by atoms with E-state index in [-0.39, 0.29) is 5.75 Å². The minimum Gasteiger partial charge on any atom is -0.423 e. The molecule has 0 aliphatic rings. The van der Waals surface area contributed by atoms with Crippen molar-refractivity contribution in [1.82, 2.24) is 0 Å². The molecule has 0 atom stereocenters. The normalized spacial score (nSPS) is 10.9. The molecule has 0 fully saturated rings. The number of unbranched alkanes of at least 4 members (excludes halogenated alkanes) is 1. The maximum Gasteiger partial charge on any atom is 0.353 e. The van der Waals surface area contributed by atoms with Gasteiger partial charge in [0, 0.05) is 17.5 Å². The Morgan fingerprint density at radius 1 is 1.33 bits per heavy atom. The third-order valence-corrected chi connectivity index (χ3v) is 4.75. The fraction of sp³-hybridized carbons (Fsp3) is 0.222. The van der Waals surface area contributed by atoms with Crippen molar-refractivity contribution in [1.29, 1.82) is 0 Å². The van der Waals surface area contributed by atoms with Crippen LogP contribution < -0.4 is 10.4 Å². The second-order valence-corrected chi connectivity index (χ2v) is 6.69. The Kier molecular flexibility index (Phi) is 5.02. The summed E-state index contributed by atoms with van der Waals surface area (Å²) >= 11 is 7.54. The van der Waals surface area contributed by atoms with E-state index < -0.39 is 11.6 Å². The van der Waals surface area contributed by atoms with Crippen molar-refractivity contribution in [2.75, 3.05) is 0 Å². The number of carbonyl (C=O) groups is 1. The van der Waals surface area contributed by atoms with Gasteiger partial charge in [-0.2, -0.15) is 0 Å². The predicted molar refractivity (Wildman–Crippen MR) is 95.4 cm³/mol. The number of rotatable bonds is 5. The third-order valence-electron chi connectivity index (χ3n) is 3.61. The lowest BCUT2D eigenvalue weighted by molar-refractivity contribution is 0.0740. The van der Waals surface area contributed by atoms with E-state index in [1.807, 2.05) is 0 Å². The minimum atomic E-state index is -0.490. The lowest BCUT2D eigenvalue weighted by Gasteiger charge is -2.09. The highest BCUT2D eigenvalue weighted by atomic mass is 35.5. The molecule has 6 heteroatoms. The summed E-state index contributed by atoms with van der Waals surface area (Å²) in [5, 5.41) is 2.86. The van der Waals surface area contributed by atoms with Crippen molar-refractivity contribution in [2.24, 2.45) is 0 Å². The molecule has 24 heavy (non-hydrogen) atoms. The molecule has 0 aliphatic carbocycles. The summed E-state index contributed by atoms with van der Waals surface area (Å²) in [5.41, 5.74) is 0.833. The molecule has 124 valence electrons. The fourth-order valence-corrected chi connectivity index (χ4v) is 3.23. The Bertz CT molecular complexity index is 928. The first-order valence-corrected chi connectivity index (χ1v) is 8.86. The first-order valence-electron chi connectivity index (χ1n) is 7.60. The van der Waals surface area contributed by atoms with Gasteiger partial charge in [0.05, 0.1) is 5.02 Å². The van der Waals surface area contributed by atoms with E-state index in [1.54, 1.807) is 23.6 Å². The molecule has 4 nitrogen and oxygen atoms in total. The van der Waals surface area contributed by atoms with Gasteiger partial charge in [-0.25, -0.2) is 9.59 Å². The molecule has 2 aromatic heterocycles. The Balaban J connectivity index is 2.00. The second-order valence-electron chi connectivity index (χ2n) is 5.34. The molecule has 3 rings (SSSR count). The minimum absolute atomic E-state index is 0.179. The molecule has 0 saturated carbocycles. The molecule has 0 amide bonds. The van der Waals surface area contributed by atoms with Crippen LogP contribution in [0.5, 0.6) is 5.75 Å². The van der Waals surface area contributed by atoms with Gasteiger partial charge < -0.3 is 9.15 Å². The summed E-state index contributed by atoms with van der Waals surface area (Å²) in [6, 6.07) is 8.11. The number of carbonyl (C=O) groups excluding carboxylic acids is 1. The number of aryl methyl sites for hydroxylation is 1. The number of esters is 1. The van der Waals surface area contributed by atoms with Crippen molar-refractivity contribution in [3.8, 4) is 5.75 Å². The molecule has 0 N–H and O–H groups in total. The summed E-state index contributed by atoms with van der Waals surface area (Å²) < 4.78 is 10.6. The van der Waals surface area contributed by atoms with Crippen LogP contribution >= 0.6 is 22.9 Å². The van der Waals surface area contributed by atoms with Gasteiger partial charge in [-0.15, -0.1) is 11.3 Å². The van der Waals surface area contributed by atoms with E-state index in [0.717, 1.165) is 30.2 Å². The summed E-state index contributed by atoms with van der Waals surface area (Å²) in [5.74, 6) is -0.311. The van der Waals surface area contributed by atoms with Gasteiger partial charge in [-0.1, -0.05) is 31.0 Å². The number of fused-ring (bicyclic) bond motifs is 1. The first kappa shape index (κ1) is 16.7. The molecule has 0 radical (unpaired) electrons. The largest absolute Gasteiger partial charge is 0.423 e. The van der Waals surface area contributed by atoms with Crippen LogP contribution in [-0.2, 0) is 6.42 Å². The fourth-order valence-electron chi connectivity index (χ4n) is 2.43. The van der Waals surface area contributed by atoms with Crippen LogP contribution in [0.2, 0.25) is 5.02 Å². The summed E-state index contributed by atoms with van der Waals surface area (Å²) in [6.45, 7) is 2.09. The van der Waals surface area contributed by atoms with Gasteiger partial charge in [-0.05, 0) is 35.9 Å². The van der Waals surface area contributed by atoms with Crippen LogP contribution in [-0.4, -0.2) is 5.97 Å². The van der Waals surface area contributed by atoms with Gasteiger partial charge in [-0.3, -0.25) is 0 Å². The topological polar surface area (TPSA) is 56.5 Å². The van der Waals surface area contributed by atoms with Crippen LogP contribution in [0, 0.1) is 0 Å². The molecular weight excluding hydrogens is 348 g/mol. The zero-order valence-electron chi connectivity index (χ0n) is 13.0. The Hall–Kier alpha value is -2.11. The molecule has 3 aromatic rings. The third kappa shape index (κ3) is 3.52. The van der Waals surface area contributed by atoms with Gasteiger partial charge >= 0.3 is 11.6 Å². The summed E-state index contributed by atoms with van der Waals surface area (Å²) in [7, 11) is 0. The summed E-state index contributed by atoms with van der Waals surface area (Å²) in [4.78, 5) is 24.3. The average Bonchev–Trinajstić information content (AvgIpc) is 3.08. The Morgan fingerprint density at radius 2 is 2.17 bits per heavy atom. The van der Waals surface area contributed by atoms with Crippen LogP contribution in [0.25, 0.3) is 11.0 Å². The number of halogens is 1. The van der Waals surface area contributed by atoms with Crippen LogP contribution in [0.4, 0.5) is 0 Å². The smallest absolute Gasteiger partial charge is 0.353 e. The predicted octanol–water partition coefficient (Wildman–Crippen LogP) is 5.07. The number of hydrogen-bond acceptors (Lipinski definition) is 5. The van der Waals surface area contributed by atoms with Crippen molar-refractivity contribution in [2.45, 2.75) is 26.2 Å². The van der Waals surface area contributed by atoms with E-state index in [4.69, 9.17) is 20.8 Å². The van der Waals surface area contributed by atoms with E-state index in [0.29, 0.717) is 15.5 Å². The maximum absolute atomic E-state index is 12.1. The quantitative estimate of drug-likeness (QED) is 0.361. The number of thiophene rings is 1. The van der Waals surface area contributed by atoms with E-state index in [9.17, 15) is 9.59 Å². The molecule has 0 unspecified atom stereocenters. The second kappa shape index (κ2) is 7.20. The van der Waals surface area contributed by atoms with Gasteiger partial charge in [0.1, 0.15) is 10.5 Å². The van der Waals surface area contributed by atoms with Crippen molar-refractivity contribution in [3.63, 3.8) is 0 Å². The monoisotopic (exact) mass is 362 g/mol. The van der Waals surface area contributed by atoms with Gasteiger partial charge in [0.25, 0.3) is 0 Å². The van der Waals surface area contributed by atoms with E-state index >= 15 is 0 Å². The number of benzene rings is 1. The van der Waals surface area contributed by atoms with Crippen LogP contribution in [0.15, 0.2) is 44.9 Å². The highest BCUT2D eigenvalue weighted by Gasteiger charge is 2.15. The molecular formula is C18H15ClO4S. The van der Waals surface area contributed by atoms with E-state index in [1.165, 1.54) is 23.5 Å². The van der Waals surface area contributed by atoms with Crippen molar-refractivity contribution in [3.05, 3.63) is 61.6 Å². The highest BCUT2D eigenvalue weighted by molar-refractivity contribution is 7.12. The molecule has 0 spiro atoms. The van der Waals surface area contributed by atoms with Crippen LogP contribution in [0.1, 0.15) is 35.0 Å². The lowest BCUT2D eigenvalue weighted by Crippen LogP contribution is -2.07. The molecule has 2 heterocycles. The summed E-state index contributed by atoms with van der Waals surface area (Å²) in [6.07, 6.45) is 2.75. The Labute approximate surface area is 147 Å². The lowest BCUT2D eigenvalue weighted by atomic mass is 10.0. The van der Waals surface area contributed by atoms with Crippen molar-refractivity contribution < 1.29 is 13.9 Å². The number of ether oxygens (including phenoxy) is 1. The van der Waals surface area contributed by atoms with Crippen molar-refractivity contribution >= 4 is 39.9 Å². The van der Waals surface area contributed by atoms with Crippen LogP contribution in [0.3, 0.4) is 0 Å². The average molecular weight is 363 g/mol. The molecule has 0 saturated heterocycles. The maximum atomic E-state index is 12.1. The Morgan fingerprint density at radius 3 is 2.88 bits per heavy atom. The first-order chi connectivity index (χ1) is 11.6. The van der Waals surface area contributed by atoms with E-state index in [2.05, 4.69) is 6.92 Å². The van der Waals surface area contributed by atoms with Gasteiger partial charge in [0.15, 0.2) is 5.75 Å². The SMILES string of the molecule is CCCCc1cc(=O)oc2cc(OC(=O)c3cccs3)c(Cl)cc12. The zero-order valence-corrected chi connectivity index (χ0v) is 14.6. The molecule has 0 aliphatic heterocycles. The number of hydrogen-bond donors (Lipinski definition) is 0. The molecule has 0 bridgehead atoms. The highest BCUT2D eigenvalue weighted by Crippen LogP contribution is 2.32. The zero-order chi connectivity index (χ0) is 17.1. The standard InChI is InChI=1S/C18H15ClO4S/c1-2-3-5-11-8-17(20)22-14-10-15(13(19)9-12(11)14)23-18(21)16-6-4-7-24-16/h4,6-10H,2-3,5H2,1H3. The molecule has 1 aromatic carbocycles. The van der Waals surface area contributed by atoms with Gasteiger partial charge in [0.2, 0.25) is 0 Å².